The van der Waals surface area contributed by atoms with Gasteiger partial charge in [-0.3, -0.25) is 0 Å². The molecule has 25 heavy (non-hydrogen) atoms. The summed E-state index contributed by atoms with van der Waals surface area (Å²) >= 11 is 5.91. The Morgan fingerprint density at radius 1 is 1.12 bits per heavy atom. The van der Waals surface area contributed by atoms with Crippen molar-refractivity contribution in [1.82, 2.24) is 14.9 Å². The molecule has 0 radical (unpaired) electrons. The Morgan fingerprint density at radius 3 is 2.72 bits per heavy atom. The first kappa shape index (κ1) is 16.3. The normalized spacial score (nSPS) is 16.6. The Kier molecular flexibility index (Phi) is 4.83. The number of ether oxygens (including phenoxy) is 1. The van der Waals surface area contributed by atoms with E-state index in [1.165, 1.54) is 5.56 Å². The fourth-order valence-electron chi connectivity index (χ4n) is 3.04. The molecule has 0 saturated carbocycles. The first-order valence-corrected chi connectivity index (χ1v) is 8.84. The van der Waals surface area contributed by atoms with Gasteiger partial charge in [0.05, 0.1) is 18.3 Å². The van der Waals surface area contributed by atoms with Crippen LogP contribution in [-0.2, 0) is 24.4 Å². The number of aromatic nitrogens is 2. The van der Waals surface area contributed by atoms with E-state index in [0.717, 1.165) is 41.7 Å². The van der Waals surface area contributed by atoms with Crippen molar-refractivity contribution in [2.24, 2.45) is 0 Å². The largest absolute Gasteiger partial charge is 0.367 e. The molecule has 1 atom stereocenters. The van der Waals surface area contributed by atoms with Crippen molar-refractivity contribution in [3.8, 4) is 11.3 Å². The Hall–Kier alpha value is -2.14. The summed E-state index contributed by atoms with van der Waals surface area (Å²) in [7, 11) is 0. The Balaban J connectivity index is 1.35. The number of imidazole rings is 1. The van der Waals surface area contributed by atoms with Crippen LogP contribution in [0.25, 0.3) is 11.3 Å². The van der Waals surface area contributed by atoms with Gasteiger partial charge >= 0.3 is 0 Å². The van der Waals surface area contributed by atoms with Gasteiger partial charge in [0.25, 0.3) is 0 Å². The minimum atomic E-state index is 0.151. The van der Waals surface area contributed by atoms with Crippen LogP contribution in [0.1, 0.15) is 11.4 Å². The lowest BCUT2D eigenvalue weighted by molar-refractivity contribution is 0.00278. The summed E-state index contributed by atoms with van der Waals surface area (Å²) in [5.41, 5.74) is 3.37. The predicted molar refractivity (Wildman–Crippen MR) is 99.4 cm³/mol. The van der Waals surface area contributed by atoms with Crippen LogP contribution in [0.4, 0.5) is 0 Å². The van der Waals surface area contributed by atoms with Crippen LogP contribution in [0.3, 0.4) is 0 Å². The summed E-state index contributed by atoms with van der Waals surface area (Å²) in [5, 5.41) is 4.22. The van der Waals surface area contributed by atoms with Gasteiger partial charge in [-0.25, -0.2) is 4.98 Å². The van der Waals surface area contributed by atoms with Crippen LogP contribution in [0.5, 0.6) is 0 Å². The number of rotatable bonds is 5. The van der Waals surface area contributed by atoms with Gasteiger partial charge in [-0.05, 0) is 17.7 Å². The molecule has 0 spiro atoms. The third kappa shape index (κ3) is 3.93. The number of nitrogens with one attached hydrogen (secondary N) is 1. The topological polar surface area (TPSA) is 39.1 Å². The molecular weight excluding hydrogens is 334 g/mol. The second-order valence-electron chi connectivity index (χ2n) is 6.25. The molecule has 5 heteroatoms. The highest BCUT2D eigenvalue weighted by Crippen LogP contribution is 2.22. The molecule has 2 aromatic carbocycles. The van der Waals surface area contributed by atoms with E-state index in [1.54, 1.807) is 0 Å². The van der Waals surface area contributed by atoms with E-state index in [2.05, 4.69) is 28.2 Å². The van der Waals surface area contributed by atoms with Crippen molar-refractivity contribution < 1.29 is 4.74 Å². The van der Waals surface area contributed by atoms with Crippen LogP contribution in [0, 0.1) is 0 Å². The lowest BCUT2D eigenvalue weighted by atomic mass is 10.2. The van der Waals surface area contributed by atoms with E-state index < -0.39 is 0 Å². The van der Waals surface area contributed by atoms with Crippen LogP contribution in [0.2, 0.25) is 5.02 Å². The Labute approximate surface area is 152 Å². The van der Waals surface area contributed by atoms with Crippen molar-refractivity contribution in [1.29, 1.82) is 0 Å². The minimum absolute atomic E-state index is 0.151. The number of nitrogens with zero attached hydrogens (tertiary/aromatic N) is 2. The van der Waals surface area contributed by atoms with Crippen molar-refractivity contribution in [3.05, 3.63) is 77.2 Å². The summed E-state index contributed by atoms with van der Waals surface area (Å²) in [5.74, 6) is 0.993. The van der Waals surface area contributed by atoms with Crippen LogP contribution in [0.15, 0.2) is 60.8 Å². The standard InChI is InChI=1S/C20H20ClN3O/c21-17-8-6-15(7-9-17)10-22-11-18-12-24-13-19(23-20(24)14-25-18)16-4-2-1-3-5-16/h1-9,13,18,22H,10-12,14H2/t18-/m0/s1. The van der Waals surface area contributed by atoms with E-state index in [0.29, 0.717) is 6.61 Å². The molecule has 1 aliphatic heterocycles. The fraction of sp³-hybridized carbons (Fsp3) is 0.250. The maximum atomic E-state index is 5.94. The molecule has 2 heterocycles. The Morgan fingerprint density at radius 2 is 1.92 bits per heavy atom. The molecule has 128 valence electrons. The summed E-state index contributed by atoms with van der Waals surface area (Å²) in [4.78, 5) is 4.70. The zero-order valence-electron chi connectivity index (χ0n) is 13.9. The van der Waals surface area contributed by atoms with E-state index in [4.69, 9.17) is 21.3 Å². The highest BCUT2D eigenvalue weighted by molar-refractivity contribution is 6.30. The third-order valence-electron chi connectivity index (χ3n) is 4.39. The van der Waals surface area contributed by atoms with Crippen molar-refractivity contribution >= 4 is 11.6 Å². The fourth-order valence-corrected chi connectivity index (χ4v) is 3.17. The SMILES string of the molecule is Clc1ccc(CNC[C@H]2Cn3cc(-c4ccccc4)nc3CO2)cc1. The molecule has 1 N–H and O–H groups in total. The monoisotopic (exact) mass is 353 g/mol. The van der Waals surface area contributed by atoms with Gasteiger partial charge in [0, 0.05) is 29.9 Å². The molecule has 0 saturated heterocycles. The Bertz CT molecular complexity index is 830. The average molecular weight is 354 g/mol. The van der Waals surface area contributed by atoms with Crippen molar-refractivity contribution in [3.63, 3.8) is 0 Å². The first-order chi connectivity index (χ1) is 12.3. The molecule has 4 rings (SSSR count). The molecule has 0 aliphatic carbocycles. The van der Waals surface area contributed by atoms with Gasteiger partial charge in [0.15, 0.2) is 0 Å². The maximum Gasteiger partial charge on any atom is 0.135 e. The molecule has 1 aliphatic rings. The van der Waals surface area contributed by atoms with E-state index in [1.807, 2.05) is 42.5 Å². The highest BCUT2D eigenvalue weighted by atomic mass is 35.5. The third-order valence-corrected chi connectivity index (χ3v) is 4.64. The molecule has 0 bridgehead atoms. The minimum Gasteiger partial charge on any atom is -0.367 e. The summed E-state index contributed by atoms with van der Waals surface area (Å²) < 4.78 is 8.15. The number of hydrogen-bond acceptors (Lipinski definition) is 3. The van der Waals surface area contributed by atoms with Gasteiger partial charge in [-0.15, -0.1) is 0 Å². The first-order valence-electron chi connectivity index (χ1n) is 8.46. The molecule has 3 aromatic rings. The number of benzene rings is 2. The summed E-state index contributed by atoms with van der Waals surface area (Å²) in [6.07, 6.45) is 2.27. The summed E-state index contributed by atoms with van der Waals surface area (Å²) in [6.45, 7) is 2.99. The zero-order chi connectivity index (χ0) is 17.1. The van der Waals surface area contributed by atoms with Crippen LogP contribution in [-0.4, -0.2) is 22.2 Å². The lowest BCUT2D eigenvalue weighted by Crippen LogP contribution is -2.35. The highest BCUT2D eigenvalue weighted by Gasteiger charge is 2.20. The second-order valence-corrected chi connectivity index (χ2v) is 6.69. The lowest BCUT2D eigenvalue weighted by Gasteiger charge is -2.24. The zero-order valence-corrected chi connectivity index (χ0v) is 14.6. The number of hydrogen-bond donors (Lipinski definition) is 1. The van der Waals surface area contributed by atoms with E-state index in [-0.39, 0.29) is 6.10 Å². The van der Waals surface area contributed by atoms with Gasteiger partial charge in [0.1, 0.15) is 12.4 Å². The van der Waals surface area contributed by atoms with E-state index >= 15 is 0 Å². The van der Waals surface area contributed by atoms with E-state index in [9.17, 15) is 0 Å². The predicted octanol–water partition coefficient (Wildman–Crippen LogP) is 3.89. The van der Waals surface area contributed by atoms with Gasteiger partial charge in [0.2, 0.25) is 0 Å². The second kappa shape index (κ2) is 7.40. The molecule has 0 fully saturated rings. The smallest absolute Gasteiger partial charge is 0.135 e. The molecule has 1 aromatic heterocycles. The average Bonchev–Trinajstić information content (AvgIpc) is 3.07. The quantitative estimate of drug-likeness (QED) is 0.756. The molecule has 0 amide bonds. The van der Waals surface area contributed by atoms with Gasteiger partial charge in [-0.1, -0.05) is 54.1 Å². The van der Waals surface area contributed by atoms with Gasteiger partial charge < -0.3 is 14.6 Å². The molecule has 0 unspecified atom stereocenters. The molecular formula is C20H20ClN3O. The van der Waals surface area contributed by atoms with Crippen molar-refractivity contribution in [2.75, 3.05) is 6.54 Å². The van der Waals surface area contributed by atoms with Crippen LogP contribution < -0.4 is 5.32 Å². The number of fused-ring (bicyclic) bond motifs is 1. The molecule has 4 nitrogen and oxygen atoms in total. The number of halogens is 1. The van der Waals surface area contributed by atoms with Crippen molar-refractivity contribution in [2.45, 2.75) is 25.8 Å². The maximum absolute atomic E-state index is 5.94. The van der Waals surface area contributed by atoms with Gasteiger partial charge in [-0.2, -0.15) is 0 Å². The van der Waals surface area contributed by atoms with Crippen LogP contribution >= 0.6 is 11.6 Å². The summed E-state index contributed by atoms with van der Waals surface area (Å²) in [6, 6.07) is 18.2.